The van der Waals surface area contributed by atoms with E-state index in [1.165, 1.54) is 0 Å². The predicted molar refractivity (Wildman–Crippen MR) is 107 cm³/mol. The van der Waals surface area contributed by atoms with Gasteiger partial charge < -0.3 is 19.5 Å². The number of hydrogen-bond acceptors (Lipinski definition) is 4. The zero-order chi connectivity index (χ0) is 19.6. The molecule has 1 amide bonds. The normalized spacial score (nSPS) is 11.6. The topological polar surface area (TPSA) is 56.8 Å². The highest BCUT2D eigenvalue weighted by Gasteiger charge is 2.19. The third-order valence-corrected chi connectivity index (χ3v) is 4.10. The van der Waals surface area contributed by atoms with Crippen LogP contribution in [0.3, 0.4) is 0 Å². The molecule has 0 saturated carbocycles. The van der Waals surface area contributed by atoms with Gasteiger partial charge in [-0.15, -0.1) is 0 Å². The first-order chi connectivity index (χ1) is 13.1. The number of carbonyl (C=O) groups is 1. The minimum absolute atomic E-state index is 0.132. The zero-order valence-electron chi connectivity index (χ0n) is 16.6. The van der Waals surface area contributed by atoms with Crippen molar-refractivity contribution >= 4 is 5.91 Å². The van der Waals surface area contributed by atoms with Gasteiger partial charge in [0.2, 0.25) is 0 Å². The lowest BCUT2D eigenvalue weighted by Crippen LogP contribution is -2.37. The Morgan fingerprint density at radius 2 is 1.67 bits per heavy atom. The molecule has 0 aliphatic carbocycles. The van der Waals surface area contributed by atoms with E-state index in [2.05, 4.69) is 5.32 Å². The largest absolute Gasteiger partial charge is 0.490 e. The van der Waals surface area contributed by atoms with Crippen LogP contribution in [0.4, 0.5) is 0 Å². The second kappa shape index (κ2) is 10.5. The Bertz CT molecular complexity index is 745. The maximum absolute atomic E-state index is 12.6. The van der Waals surface area contributed by atoms with E-state index in [0.717, 1.165) is 16.9 Å². The summed E-state index contributed by atoms with van der Waals surface area (Å²) in [5, 5.41) is 2.95. The number of amides is 1. The number of ether oxygens (including phenoxy) is 3. The number of nitrogens with one attached hydrogen (secondary N) is 1. The van der Waals surface area contributed by atoms with E-state index in [9.17, 15) is 4.79 Å². The molecule has 0 unspecified atom stereocenters. The molecule has 0 aliphatic heterocycles. The summed E-state index contributed by atoms with van der Waals surface area (Å²) in [6, 6.07) is 13.4. The highest BCUT2D eigenvalue weighted by Crippen LogP contribution is 2.28. The zero-order valence-corrected chi connectivity index (χ0v) is 16.6. The Labute approximate surface area is 161 Å². The molecular weight excluding hydrogens is 342 g/mol. The van der Waals surface area contributed by atoms with E-state index in [0.29, 0.717) is 37.7 Å². The van der Waals surface area contributed by atoms with E-state index in [-0.39, 0.29) is 5.91 Å². The highest BCUT2D eigenvalue weighted by atomic mass is 16.5. The summed E-state index contributed by atoms with van der Waals surface area (Å²) >= 11 is 0. The fraction of sp³-hybridized carbons (Fsp3) is 0.409. The molecule has 0 spiro atoms. The molecule has 0 aromatic heterocycles. The van der Waals surface area contributed by atoms with Crippen LogP contribution in [0.15, 0.2) is 42.5 Å². The molecule has 0 heterocycles. The van der Waals surface area contributed by atoms with Gasteiger partial charge in [0.15, 0.2) is 17.6 Å². The van der Waals surface area contributed by atoms with Crippen LogP contribution in [-0.2, 0) is 11.3 Å². The van der Waals surface area contributed by atoms with E-state index < -0.39 is 6.10 Å². The molecule has 5 heteroatoms. The van der Waals surface area contributed by atoms with Crippen molar-refractivity contribution in [2.24, 2.45) is 0 Å². The number of benzene rings is 2. The summed E-state index contributed by atoms with van der Waals surface area (Å²) in [4.78, 5) is 12.6. The first kappa shape index (κ1) is 20.6. The van der Waals surface area contributed by atoms with Crippen LogP contribution in [-0.4, -0.2) is 25.2 Å². The maximum Gasteiger partial charge on any atom is 0.261 e. The minimum Gasteiger partial charge on any atom is -0.490 e. The first-order valence-electron chi connectivity index (χ1n) is 9.47. The van der Waals surface area contributed by atoms with Gasteiger partial charge >= 0.3 is 0 Å². The Kier molecular flexibility index (Phi) is 7.99. The van der Waals surface area contributed by atoms with Crippen molar-refractivity contribution in [1.82, 2.24) is 5.32 Å². The first-order valence-corrected chi connectivity index (χ1v) is 9.47. The van der Waals surface area contributed by atoms with Crippen molar-refractivity contribution in [3.05, 3.63) is 53.6 Å². The lowest BCUT2D eigenvalue weighted by Gasteiger charge is -2.19. The summed E-state index contributed by atoms with van der Waals surface area (Å²) in [7, 11) is 0. The highest BCUT2D eigenvalue weighted by molar-refractivity contribution is 5.81. The number of para-hydroxylation sites is 1. The molecular formula is C22H29NO4. The van der Waals surface area contributed by atoms with Gasteiger partial charge in [-0.2, -0.15) is 0 Å². The fourth-order valence-electron chi connectivity index (χ4n) is 2.67. The summed E-state index contributed by atoms with van der Waals surface area (Å²) in [6.07, 6.45) is 0.0633. The van der Waals surface area contributed by atoms with E-state index >= 15 is 0 Å². The Balaban J connectivity index is 2.00. The van der Waals surface area contributed by atoms with E-state index in [1.807, 2.05) is 70.2 Å². The van der Waals surface area contributed by atoms with Crippen molar-refractivity contribution < 1.29 is 19.0 Å². The van der Waals surface area contributed by atoms with Gasteiger partial charge in [-0.3, -0.25) is 4.79 Å². The number of carbonyl (C=O) groups excluding carboxylic acids is 1. The molecule has 27 heavy (non-hydrogen) atoms. The molecule has 0 radical (unpaired) electrons. The van der Waals surface area contributed by atoms with Gasteiger partial charge in [-0.1, -0.05) is 31.2 Å². The average Bonchev–Trinajstić information content (AvgIpc) is 2.67. The maximum atomic E-state index is 12.6. The number of hydrogen-bond donors (Lipinski definition) is 1. The number of rotatable bonds is 10. The van der Waals surface area contributed by atoms with Gasteiger partial charge in [-0.05, 0) is 56.5 Å². The fourth-order valence-corrected chi connectivity index (χ4v) is 2.67. The van der Waals surface area contributed by atoms with Crippen LogP contribution in [0.1, 0.15) is 38.3 Å². The van der Waals surface area contributed by atoms with Crippen LogP contribution < -0.4 is 19.5 Å². The molecule has 1 atom stereocenters. The number of aryl methyl sites for hydroxylation is 1. The molecule has 2 aromatic carbocycles. The average molecular weight is 371 g/mol. The van der Waals surface area contributed by atoms with Crippen LogP contribution >= 0.6 is 0 Å². The lowest BCUT2D eigenvalue weighted by molar-refractivity contribution is -0.128. The quantitative estimate of drug-likeness (QED) is 0.678. The third kappa shape index (κ3) is 5.91. The SMILES string of the molecule is CCOc1ccc(CNC(=O)[C@@H](CC)Oc2ccccc2C)cc1OCC. The van der Waals surface area contributed by atoms with Crippen molar-refractivity contribution in [1.29, 1.82) is 0 Å². The minimum atomic E-state index is -0.528. The van der Waals surface area contributed by atoms with Crippen LogP contribution in [0.5, 0.6) is 17.2 Å². The smallest absolute Gasteiger partial charge is 0.261 e. The Morgan fingerprint density at radius 1 is 0.963 bits per heavy atom. The molecule has 0 saturated heterocycles. The Hall–Kier alpha value is -2.69. The van der Waals surface area contributed by atoms with Crippen molar-refractivity contribution in [2.45, 2.75) is 46.8 Å². The van der Waals surface area contributed by atoms with E-state index in [4.69, 9.17) is 14.2 Å². The van der Waals surface area contributed by atoms with Crippen molar-refractivity contribution in [2.75, 3.05) is 13.2 Å². The molecule has 5 nitrogen and oxygen atoms in total. The summed E-state index contributed by atoms with van der Waals surface area (Å²) < 4.78 is 17.1. The second-order valence-electron chi connectivity index (χ2n) is 6.15. The van der Waals surface area contributed by atoms with Gasteiger partial charge in [0.05, 0.1) is 13.2 Å². The molecule has 0 bridgehead atoms. The predicted octanol–water partition coefficient (Wildman–Crippen LogP) is 4.27. The molecule has 2 rings (SSSR count). The summed E-state index contributed by atoms with van der Waals surface area (Å²) in [5.41, 5.74) is 1.96. The van der Waals surface area contributed by atoms with Gasteiger partial charge in [0.1, 0.15) is 5.75 Å². The molecule has 146 valence electrons. The molecule has 0 aliphatic rings. The Morgan fingerprint density at radius 3 is 2.33 bits per heavy atom. The molecule has 1 N–H and O–H groups in total. The van der Waals surface area contributed by atoms with E-state index in [1.54, 1.807) is 0 Å². The monoisotopic (exact) mass is 371 g/mol. The lowest BCUT2D eigenvalue weighted by atomic mass is 10.2. The van der Waals surface area contributed by atoms with Gasteiger partial charge in [-0.25, -0.2) is 0 Å². The second-order valence-corrected chi connectivity index (χ2v) is 6.15. The van der Waals surface area contributed by atoms with Crippen LogP contribution in [0.25, 0.3) is 0 Å². The van der Waals surface area contributed by atoms with Crippen LogP contribution in [0, 0.1) is 6.92 Å². The standard InChI is InChI=1S/C22H29NO4/c1-5-18(27-19-11-9-8-10-16(19)4)22(24)23-15-17-12-13-20(25-6-2)21(14-17)26-7-3/h8-14,18H,5-7,15H2,1-4H3,(H,23,24)/t18-/m1/s1. The van der Waals surface area contributed by atoms with Gasteiger partial charge in [0, 0.05) is 6.54 Å². The van der Waals surface area contributed by atoms with Gasteiger partial charge in [0.25, 0.3) is 5.91 Å². The third-order valence-electron chi connectivity index (χ3n) is 4.10. The molecule has 0 fully saturated rings. The van der Waals surface area contributed by atoms with Crippen molar-refractivity contribution in [3.63, 3.8) is 0 Å². The van der Waals surface area contributed by atoms with Crippen LogP contribution in [0.2, 0.25) is 0 Å². The summed E-state index contributed by atoms with van der Waals surface area (Å²) in [5.74, 6) is 2.00. The van der Waals surface area contributed by atoms with Crippen molar-refractivity contribution in [3.8, 4) is 17.2 Å². The molecule has 2 aromatic rings. The summed E-state index contributed by atoms with van der Waals surface area (Å²) in [6.45, 7) is 9.30.